The molecule has 5 nitrogen and oxygen atoms in total. The Kier molecular flexibility index (Phi) is 5.92. The fraction of sp³-hybridized carbons (Fsp3) is 0.565. The molecule has 0 aromatic heterocycles. The summed E-state index contributed by atoms with van der Waals surface area (Å²) in [6.45, 7) is 16.4. The molecule has 0 spiro atoms. The molecule has 2 fully saturated rings. The maximum absolute atomic E-state index is 6.36. The zero-order valence-corrected chi connectivity index (χ0v) is 23.4. The van der Waals surface area contributed by atoms with Crippen molar-refractivity contribution in [2.75, 3.05) is 7.11 Å². The normalized spacial score (nSPS) is 23.2. The fourth-order valence-electron chi connectivity index (χ4n) is 3.89. The molecule has 2 aliphatic heterocycles. The summed E-state index contributed by atoms with van der Waals surface area (Å²) in [5.41, 5.74) is 0.107. The number of methoxy groups -OCH3 is 1. The van der Waals surface area contributed by atoms with Crippen LogP contribution in [0, 0.1) is 0 Å². The van der Waals surface area contributed by atoms with Crippen LogP contribution < -0.4 is 15.7 Å². The van der Waals surface area contributed by atoms with Crippen LogP contribution in [0.3, 0.4) is 0 Å². The molecule has 0 bridgehead atoms. The van der Waals surface area contributed by atoms with Gasteiger partial charge in [-0.3, -0.25) is 0 Å². The molecule has 0 atom stereocenters. The van der Waals surface area contributed by atoms with Crippen molar-refractivity contribution < 1.29 is 23.4 Å². The van der Waals surface area contributed by atoms with Gasteiger partial charge in [0.15, 0.2) is 0 Å². The van der Waals surface area contributed by atoms with Gasteiger partial charge in [0.05, 0.1) is 34.0 Å². The van der Waals surface area contributed by atoms with Crippen molar-refractivity contribution in [1.82, 2.24) is 0 Å². The summed E-state index contributed by atoms with van der Waals surface area (Å²) in [7, 11) is 0.657. The number of benzene rings is 2. The van der Waals surface area contributed by atoms with Crippen LogP contribution >= 0.6 is 31.9 Å². The van der Waals surface area contributed by atoms with E-state index in [1.807, 2.05) is 6.07 Å². The number of fused-ring (bicyclic) bond motifs is 1. The molecule has 2 saturated heterocycles. The van der Waals surface area contributed by atoms with E-state index >= 15 is 0 Å². The van der Waals surface area contributed by atoms with E-state index in [4.69, 9.17) is 23.4 Å². The molecule has 172 valence electrons. The predicted octanol–water partition coefficient (Wildman–Crippen LogP) is 4.97. The predicted molar refractivity (Wildman–Crippen MR) is 137 cm³/mol. The molecule has 0 unspecified atom stereocenters. The van der Waals surface area contributed by atoms with Crippen molar-refractivity contribution >= 4 is 67.8 Å². The SMILES string of the molecule is COc1cc(B2OC(C)(C)C(C)(C)O2)c2cc(Br)c(B3OC(C)(C)C(C)(C)O3)cc2c1Br. The lowest BCUT2D eigenvalue weighted by molar-refractivity contribution is 0.00578. The minimum absolute atomic E-state index is 0.425. The molecule has 2 heterocycles. The van der Waals surface area contributed by atoms with Crippen LogP contribution in [-0.2, 0) is 18.6 Å². The summed E-state index contributed by atoms with van der Waals surface area (Å²) < 4.78 is 32.8. The summed E-state index contributed by atoms with van der Waals surface area (Å²) in [4.78, 5) is 0. The van der Waals surface area contributed by atoms with E-state index in [-0.39, 0.29) is 0 Å². The Balaban J connectivity index is 1.87. The third kappa shape index (κ3) is 3.77. The van der Waals surface area contributed by atoms with Gasteiger partial charge in [0, 0.05) is 4.47 Å². The average Bonchev–Trinajstić information content (AvgIpc) is 3.01. The van der Waals surface area contributed by atoms with Gasteiger partial charge in [-0.15, -0.1) is 0 Å². The molecule has 0 aliphatic carbocycles. The lowest BCUT2D eigenvalue weighted by atomic mass is 9.73. The van der Waals surface area contributed by atoms with E-state index in [2.05, 4.69) is 99.4 Å². The summed E-state index contributed by atoms with van der Waals surface area (Å²) in [6, 6.07) is 6.15. The van der Waals surface area contributed by atoms with Gasteiger partial charge in [-0.1, -0.05) is 22.0 Å². The van der Waals surface area contributed by atoms with E-state index in [1.54, 1.807) is 7.11 Å². The second kappa shape index (κ2) is 7.72. The fourth-order valence-corrected chi connectivity index (χ4v) is 5.02. The van der Waals surface area contributed by atoms with Crippen LogP contribution in [0.4, 0.5) is 0 Å². The molecule has 2 aromatic rings. The third-order valence-electron chi connectivity index (χ3n) is 7.42. The van der Waals surface area contributed by atoms with Gasteiger partial charge >= 0.3 is 14.2 Å². The topological polar surface area (TPSA) is 46.2 Å². The smallest absolute Gasteiger partial charge is 0.496 e. The quantitative estimate of drug-likeness (QED) is 0.490. The lowest BCUT2D eigenvalue weighted by Gasteiger charge is -2.32. The van der Waals surface area contributed by atoms with Gasteiger partial charge in [-0.25, -0.2) is 0 Å². The highest BCUT2D eigenvalue weighted by Crippen LogP contribution is 2.41. The number of rotatable bonds is 3. The first kappa shape index (κ1) is 24.6. The first-order chi connectivity index (χ1) is 14.6. The molecule has 2 aliphatic rings. The molecule has 0 amide bonds. The largest absolute Gasteiger partial charge is 0.496 e. The van der Waals surface area contributed by atoms with E-state index in [0.29, 0.717) is 5.75 Å². The second-order valence-corrected chi connectivity index (χ2v) is 12.2. The molecule has 2 aromatic carbocycles. The van der Waals surface area contributed by atoms with Crippen LogP contribution in [0.5, 0.6) is 5.75 Å². The lowest BCUT2D eigenvalue weighted by Crippen LogP contribution is -2.41. The standard InChI is InChI=1S/C23H30B2Br2O5/c1-20(2)21(3,4)30-24(29-20)15-12-18(28-9)19(27)14-10-16(17(26)11-13(14)15)25-31-22(5,6)23(7,8)32-25/h10-12H,1-9H3. The number of ether oxygens (including phenoxy) is 1. The van der Waals surface area contributed by atoms with Crippen molar-refractivity contribution in [3.05, 3.63) is 27.1 Å². The van der Waals surface area contributed by atoms with Crippen molar-refractivity contribution in [2.45, 2.75) is 77.8 Å². The zero-order chi connectivity index (χ0) is 23.9. The molecular formula is C23H30B2Br2O5. The molecule has 0 saturated carbocycles. The zero-order valence-electron chi connectivity index (χ0n) is 20.2. The maximum atomic E-state index is 6.36. The summed E-state index contributed by atoms with van der Waals surface area (Å²) in [5.74, 6) is 0.712. The minimum atomic E-state index is -0.515. The van der Waals surface area contributed by atoms with Gasteiger partial charge < -0.3 is 23.4 Å². The summed E-state index contributed by atoms with van der Waals surface area (Å²) in [6.07, 6.45) is 0. The molecule has 32 heavy (non-hydrogen) atoms. The Morgan fingerprint density at radius 3 is 1.53 bits per heavy atom. The molecule has 9 heteroatoms. The Hall–Kier alpha value is -0.570. The number of halogens is 2. The van der Waals surface area contributed by atoms with E-state index in [0.717, 1.165) is 30.6 Å². The highest BCUT2D eigenvalue weighted by atomic mass is 79.9. The van der Waals surface area contributed by atoms with E-state index in [1.165, 1.54) is 0 Å². The van der Waals surface area contributed by atoms with Gasteiger partial charge in [-0.2, -0.15) is 0 Å². The Morgan fingerprint density at radius 1 is 0.656 bits per heavy atom. The van der Waals surface area contributed by atoms with Crippen LogP contribution in [0.2, 0.25) is 0 Å². The monoisotopic (exact) mass is 566 g/mol. The molecule has 0 radical (unpaired) electrons. The minimum Gasteiger partial charge on any atom is -0.496 e. The first-order valence-electron chi connectivity index (χ1n) is 10.8. The summed E-state index contributed by atoms with van der Waals surface area (Å²) >= 11 is 7.50. The van der Waals surface area contributed by atoms with E-state index in [9.17, 15) is 0 Å². The highest BCUT2D eigenvalue weighted by Gasteiger charge is 2.53. The number of hydrogen-bond donors (Lipinski definition) is 0. The Labute approximate surface area is 208 Å². The van der Waals surface area contributed by atoms with Gasteiger partial charge in [0.2, 0.25) is 0 Å². The molecule has 4 rings (SSSR count). The van der Waals surface area contributed by atoms with Crippen molar-refractivity contribution in [1.29, 1.82) is 0 Å². The average molecular weight is 568 g/mol. The molecular weight excluding hydrogens is 538 g/mol. The van der Waals surface area contributed by atoms with Crippen molar-refractivity contribution in [3.8, 4) is 5.75 Å². The Morgan fingerprint density at radius 2 is 1.09 bits per heavy atom. The van der Waals surface area contributed by atoms with Gasteiger partial charge in [0.25, 0.3) is 0 Å². The van der Waals surface area contributed by atoms with Gasteiger partial charge in [0.1, 0.15) is 5.75 Å². The second-order valence-electron chi connectivity index (χ2n) is 10.6. The number of hydrogen-bond acceptors (Lipinski definition) is 5. The van der Waals surface area contributed by atoms with E-state index < -0.39 is 36.6 Å². The molecule has 0 N–H and O–H groups in total. The van der Waals surface area contributed by atoms with Crippen LogP contribution in [-0.4, -0.2) is 43.8 Å². The van der Waals surface area contributed by atoms with Crippen molar-refractivity contribution in [3.63, 3.8) is 0 Å². The Bertz CT molecular complexity index is 1050. The van der Waals surface area contributed by atoms with Crippen LogP contribution in [0.25, 0.3) is 10.8 Å². The van der Waals surface area contributed by atoms with Crippen molar-refractivity contribution in [2.24, 2.45) is 0 Å². The highest BCUT2D eigenvalue weighted by molar-refractivity contribution is 9.11. The third-order valence-corrected chi connectivity index (χ3v) is 8.93. The van der Waals surface area contributed by atoms with Gasteiger partial charge in [-0.05, 0) is 105 Å². The first-order valence-corrected chi connectivity index (χ1v) is 12.4. The summed E-state index contributed by atoms with van der Waals surface area (Å²) in [5, 5.41) is 1.98. The maximum Gasteiger partial charge on any atom is 0.496 e. The van der Waals surface area contributed by atoms with Crippen LogP contribution in [0.15, 0.2) is 27.1 Å². The van der Waals surface area contributed by atoms with Crippen LogP contribution in [0.1, 0.15) is 55.4 Å².